The molecule has 0 atom stereocenters. The second-order valence-corrected chi connectivity index (χ2v) is 3.45. The highest BCUT2D eigenvalue weighted by Gasteiger charge is 2.02. The number of nitriles is 1. The molecule has 0 aliphatic heterocycles. The van der Waals surface area contributed by atoms with Gasteiger partial charge in [-0.05, 0) is 37.1 Å². The molecule has 3 heteroatoms. The van der Waals surface area contributed by atoms with E-state index in [-0.39, 0.29) is 12.3 Å². The number of aryl methyl sites for hydroxylation is 1. The van der Waals surface area contributed by atoms with Gasteiger partial charge in [0.05, 0.1) is 6.07 Å². The lowest BCUT2D eigenvalue weighted by atomic mass is 10.1. The predicted octanol–water partition coefficient (Wildman–Crippen LogP) is 2.88. The lowest BCUT2D eigenvalue weighted by Crippen LogP contribution is -2.10. The van der Waals surface area contributed by atoms with Crippen LogP contribution in [-0.4, -0.2) is 5.91 Å². The van der Waals surface area contributed by atoms with Crippen LogP contribution >= 0.6 is 0 Å². The fourth-order valence-corrected chi connectivity index (χ4v) is 1.40. The van der Waals surface area contributed by atoms with Gasteiger partial charge in [0.15, 0.2) is 0 Å². The molecule has 0 heterocycles. The first-order valence-corrected chi connectivity index (χ1v) is 5.07. The van der Waals surface area contributed by atoms with Crippen molar-refractivity contribution in [1.29, 1.82) is 5.26 Å². The van der Waals surface area contributed by atoms with E-state index in [4.69, 9.17) is 5.26 Å². The number of allylic oxidation sites excluding steroid dienone is 1. The molecule has 1 N–H and O–H groups in total. The van der Waals surface area contributed by atoms with E-state index in [1.807, 2.05) is 50.3 Å². The summed E-state index contributed by atoms with van der Waals surface area (Å²) in [6.07, 6.45) is 3.86. The number of carbonyl (C=O) groups excluding carboxylic acids is 1. The molecule has 0 saturated carbocycles. The average molecular weight is 214 g/mol. The zero-order valence-electron chi connectivity index (χ0n) is 9.45. The fraction of sp³-hybridized carbons (Fsp3) is 0.231. The number of amides is 1. The normalized spacial score (nSPS) is 10.1. The third-order valence-corrected chi connectivity index (χ3v) is 2.14. The number of hydrogen-bond donors (Lipinski definition) is 1. The van der Waals surface area contributed by atoms with Crippen LogP contribution in [0.25, 0.3) is 6.08 Å². The summed E-state index contributed by atoms with van der Waals surface area (Å²) in [4.78, 5) is 11.2. The van der Waals surface area contributed by atoms with E-state index in [1.165, 1.54) is 0 Å². The van der Waals surface area contributed by atoms with Crippen LogP contribution in [0.15, 0.2) is 24.3 Å². The molecular weight excluding hydrogens is 200 g/mol. The van der Waals surface area contributed by atoms with Gasteiger partial charge in [0, 0.05) is 5.69 Å². The number of carbonyl (C=O) groups is 1. The minimum Gasteiger partial charge on any atom is -0.325 e. The molecular formula is C13H14N2O. The van der Waals surface area contributed by atoms with Gasteiger partial charge < -0.3 is 5.32 Å². The maximum absolute atomic E-state index is 11.2. The van der Waals surface area contributed by atoms with Gasteiger partial charge in [-0.1, -0.05) is 18.2 Å². The summed E-state index contributed by atoms with van der Waals surface area (Å²) < 4.78 is 0. The summed E-state index contributed by atoms with van der Waals surface area (Å²) in [6, 6.07) is 7.48. The standard InChI is InChI=1S/C13H14N2O/c1-3-4-11-5-6-12(9-10(11)2)15-13(16)7-8-14/h3-6,9H,7H2,1-2H3,(H,15,16)/b4-3-. The molecule has 1 amide bonds. The van der Waals surface area contributed by atoms with Crippen molar-refractivity contribution in [2.45, 2.75) is 20.3 Å². The highest BCUT2D eigenvalue weighted by Crippen LogP contribution is 2.16. The maximum Gasteiger partial charge on any atom is 0.238 e. The minimum atomic E-state index is -0.277. The Morgan fingerprint density at radius 2 is 2.31 bits per heavy atom. The first kappa shape index (κ1) is 12.0. The summed E-state index contributed by atoms with van der Waals surface area (Å²) in [6.45, 7) is 3.94. The smallest absolute Gasteiger partial charge is 0.238 e. The predicted molar refractivity (Wildman–Crippen MR) is 64.7 cm³/mol. The van der Waals surface area contributed by atoms with Crippen LogP contribution in [0.5, 0.6) is 0 Å². The zero-order valence-corrected chi connectivity index (χ0v) is 9.45. The van der Waals surface area contributed by atoms with Gasteiger partial charge in [0.25, 0.3) is 0 Å². The van der Waals surface area contributed by atoms with Crippen LogP contribution < -0.4 is 5.32 Å². The van der Waals surface area contributed by atoms with E-state index in [0.29, 0.717) is 0 Å². The number of hydrogen-bond acceptors (Lipinski definition) is 2. The second-order valence-electron chi connectivity index (χ2n) is 3.45. The Kier molecular flexibility index (Phi) is 4.28. The van der Waals surface area contributed by atoms with Gasteiger partial charge >= 0.3 is 0 Å². The molecule has 16 heavy (non-hydrogen) atoms. The van der Waals surface area contributed by atoms with Gasteiger partial charge in [-0.15, -0.1) is 0 Å². The highest BCUT2D eigenvalue weighted by atomic mass is 16.1. The molecule has 1 rings (SSSR count). The molecule has 0 unspecified atom stereocenters. The van der Waals surface area contributed by atoms with E-state index in [1.54, 1.807) is 0 Å². The molecule has 0 bridgehead atoms. The molecule has 0 aromatic heterocycles. The Hall–Kier alpha value is -2.08. The van der Waals surface area contributed by atoms with Crippen molar-refractivity contribution >= 4 is 17.7 Å². The van der Waals surface area contributed by atoms with Gasteiger partial charge in [0.2, 0.25) is 5.91 Å². The molecule has 1 aromatic carbocycles. The first-order chi connectivity index (χ1) is 7.67. The van der Waals surface area contributed by atoms with E-state index in [9.17, 15) is 4.79 Å². The summed E-state index contributed by atoms with van der Waals surface area (Å²) in [5, 5.41) is 11.0. The van der Waals surface area contributed by atoms with E-state index < -0.39 is 0 Å². The summed E-state index contributed by atoms with van der Waals surface area (Å²) in [5.74, 6) is -0.277. The van der Waals surface area contributed by atoms with E-state index in [0.717, 1.165) is 16.8 Å². The molecule has 1 aromatic rings. The Morgan fingerprint density at radius 3 is 2.88 bits per heavy atom. The summed E-state index contributed by atoms with van der Waals surface area (Å²) in [7, 11) is 0. The number of benzene rings is 1. The molecule has 3 nitrogen and oxygen atoms in total. The average Bonchev–Trinajstić information content (AvgIpc) is 2.22. The van der Waals surface area contributed by atoms with Crippen molar-refractivity contribution in [2.75, 3.05) is 5.32 Å². The number of rotatable bonds is 3. The lowest BCUT2D eigenvalue weighted by Gasteiger charge is -2.06. The van der Waals surface area contributed by atoms with Crippen molar-refractivity contribution in [3.05, 3.63) is 35.4 Å². The SMILES string of the molecule is C/C=C\c1ccc(NC(=O)CC#N)cc1C. The van der Waals surface area contributed by atoms with Gasteiger partial charge in [0.1, 0.15) is 6.42 Å². The quantitative estimate of drug-likeness (QED) is 0.841. The molecule has 0 aliphatic rings. The van der Waals surface area contributed by atoms with Crippen molar-refractivity contribution in [3.63, 3.8) is 0 Å². The fourth-order valence-electron chi connectivity index (χ4n) is 1.40. The minimum absolute atomic E-state index is 0.115. The summed E-state index contributed by atoms with van der Waals surface area (Å²) in [5.41, 5.74) is 2.94. The van der Waals surface area contributed by atoms with E-state index >= 15 is 0 Å². The molecule has 0 aliphatic carbocycles. The Bertz CT molecular complexity index is 455. The van der Waals surface area contributed by atoms with Crippen LogP contribution in [0.3, 0.4) is 0 Å². The van der Waals surface area contributed by atoms with Crippen LogP contribution in [0, 0.1) is 18.3 Å². The van der Waals surface area contributed by atoms with Crippen molar-refractivity contribution < 1.29 is 4.79 Å². The molecule has 0 fully saturated rings. The lowest BCUT2D eigenvalue weighted by molar-refractivity contribution is -0.115. The van der Waals surface area contributed by atoms with Crippen molar-refractivity contribution in [1.82, 2.24) is 0 Å². The number of anilines is 1. The van der Waals surface area contributed by atoms with E-state index in [2.05, 4.69) is 5.32 Å². The van der Waals surface area contributed by atoms with Crippen LogP contribution in [-0.2, 0) is 4.79 Å². The second kappa shape index (κ2) is 5.72. The monoisotopic (exact) mass is 214 g/mol. The van der Waals surface area contributed by atoms with Gasteiger partial charge in [-0.3, -0.25) is 4.79 Å². The number of nitrogens with one attached hydrogen (secondary N) is 1. The molecule has 0 spiro atoms. The van der Waals surface area contributed by atoms with Crippen molar-refractivity contribution in [3.8, 4) is 6.07 Å². The topological polar surface area (TPSA) is 52.9 Å². The Labute approximate surface area is 95.4 Å². The highest BCUT2D eigenvalue weighted by molar-refractivity contribution is 5.92. The van der Waals surface area contributed by atoms with Gasteiger partial charge in [-0.2, -0.15) is 5.26 Å². The Morgan fingerprint density at radius 1 is 1.56 bits per heavy atom. The maximum atomic E-state index is 11.2. The van der Waals surface area contributed by atoms with Crippen LogP contribution in [0.4, 0.5) is 5.69 Å². The van der Waals surface area contributed by atoms with Crippen LogP contribution in [0.2, 0.25) is 0 Å². The third-order valence-electron chi connectivity index (χ3n) is 2.14. The summed E-state index contributed by atoms with van der Waals surface area (Å²) >= 11 is 0. The molecule has 82 valence electrons. The molecule has 0 radical (unpaired) electrons. The van der Waals surface area contributed by atoms with Gasteiger partial charge in [-0.25, -0.2) is 0 Å². The third kappa shape index (κ3) is 3.25. The largest absolute Gasteiger partial charge is 0.325 e. The van der Waals surface area contributed by atoms with Crippen molar-refractivity contribution in [2.24, 2.45) is 0 Å². The van der Waals surface area contributed by atoms with Crippen LogP contribution in [0.1, 0.15) is 24.5 Å². The zero-order chi connectivity index (χ0) is 12.0. The Balaban J connectivity index is 2.82. The number of nitrogens with zero attached hydrogens (tertiary/aromatic N) is 1. The molecule has 0 saturated heterocycles. The first-order valence-electron chi connectivity index (χ1n) is 5.07.